The van der Waals surface area contributed by atoms with Gasteiger partial charge < -0.3 is 20.5 Å². The molecule has 5 aromatic rings. The Bertz CT molecular complexity index is 2390. The number of aromatic nitrogens is 3. The van der Waals surface area contributed by atoms with Crippen molar-refractivity contribution >= 4 is 63.6 Å². The molecule has 13 nitrogen and oxygen atoms in total. The van der Waals surface area contributed by atoms with E-state index in [0.717, 1.165) is 73.1 Å². The molecule has 3 aromatic carbocycles. The molecule has 0 radical (unpaired) electrons. The first kappa shape index (κ1) is 40.5. The van der Waals surface area contributed by atoms with Gasteiger partial charge in [0.15, 0.2) is 5.13 Å². The maximum atomic E-state index is 13.0. The van der Waals surface area contributed by atoms with Crippen LogP contribution in [0.5, 0.6) is 0 Å². The number of rotatable bonds is 16. The molecule has 0 aliphatic carbocycles. The SMILES string of the molecule is Cc1ccc(C(=O)NCC(=O)Nc2nc(-c3cccc(CCCCNCCCc4ccc5c(c4)n(C)c(=O)n5C4CCC(=O)NC4=O)c3)cs2)cc1P(C)(C)=O. The Hall–Kier alpha value is -5.17. The molecule has 3 heterocycles. The molecule has 1 aliphatic rings. The molecular weight excluding hydrogens is 750 g/mol. The van der Waals surface area contributed by atoms with Gasteiger partial charge >= 0.3 is 5.69 Å². The van der Waals surface area contributed by atoms with Gasteiger partial charge in [0.25, 0.3) is 5.91 Å². The van der Waals surface area contributed by atoms with E-state index in [1.807, 2.05) is 42.6 Å². The minimum atomic E-state index is -2.55. The summed E-state index contributed by atoms with van der Waals surface area (Å²) < 4.78 is 15.7. The Balaban J connectivity index is 0.901. The van der Waals surface area contributed by atoms with Gasteiger partial charge in [-0.3, -0.25) is 33.6 Å². The van der Waals surface area contributed by atoms with E-state index in [0.29, 0.717) is 27.9 Å². The molecule has 6 rings (SSSR count). The van der Waals surface area contributed by atoms with Gasteiger partial charge in [-0.05, 0) is 119 Å². The van der Waals surface area contributed by atoms with E-state index in [-0.39, 0.29) is 30.5 Å². The number of hydrogen-bond donors (Lipinski definition) is 4. The molecular formula is C41H48N7O6PS. The molecule has 1 aliphatic heterocycles. The third kappa shape index (κ3) is 9.79. The minimum absolute atomic E-state index is 0.213. The summed E-state index contributed by atoms with van der Waals surface area (Å²) in [6, 6.07) is 18.5. The maximum absolute atomic E-state index is 13.0. The van der Waals surface area contributed by atoms with Crippen molar-refractivity contribution in [3.63, 3.8) is 0 Å². The first-order valence-corrected chi connectivity index (χ1v) is 22.3. The smallest absolute Gasteiger partial charge is 0.329 e. The standard InChI is InChI=1S/C41H48N7O6PS/c1-26-13-15-30(23-35(26)55(3,4)54)38(51)43-24-37(50)46-40-44-31(25-56-40)29-12-7-10-27(21-29)9-5-6-19-42-20-8-11-28-14-16-32-34(22-28)47(2)41(53)48(32)33-17-18-36(49)45-39(33)52/h7,10,12-16,21-23,25,33,42H,5-6,8-9,11,17-20,24H2,1-4H3,(H,43,51)(H,44,46,50)(H,45,49,52). The van der Waals surface area contributed by atoms with Crippen molar-refractivity contribution in [2.45, 2.75) is 57.9 Å². The van der Waals surface area contributed by atoms with Crippen LogP contribution >= 0.6 is 18.5 Å². The number of unbranched alkanes of at least 4 members (excludes halogenated alkanes) is 1. The van der Waals surface area contributed by atoms with Gasteiger partial charge in [-0.1, -0.05) is 30.3 Å². The van der Waals surface area contributed by atoms with E-state index in [1.54, 1.807) is 43.1 Å². The Morgan fingerprint density at radius 3 is 2.50 bits per heavy atom. The summed E-state index contributed by atoms with van der Waals surface area (Å²) in [6.45, 7) is 6.75. The topological polar surface area (TPSA) is 173 Å². The lowest BCUT2D eigenvalue weighted by Crippen LogP contribution is -2.44. The fraction of sp³-hybridized carbons (Fsp3) is 0.366. The Morgan fingerprint density at radius 2 is 1.71 bits per heavy atom. The van der Waals surface area contributed by atoms with Crippen molar-refractivity contribution in [1.82, 2.24) is 30.1 Å². The number of hydrogen-bond acceptors (Lipinski definition) is 9. The number of carbonyl (C=O) groups is 4. The molecule has 0 bridgehead atoms. The number of nitrogens with zero attached hydrogens (tertiary/aromatic N) is 3. The number of aryl methyl sites for hydroxylation is 4. The Labute approximate surface area is 329 Å². The van der Waals surface area contributed by atoms with Crippen LogP contribution < -0.4 is 32.3 Å². The number of carbonyl (C=O) groups excluding carboxylic acids is 4. The second-order valence-electron chi connectivity index (χ2n) is 14.6. The molecule has 0 spiro atoms. The zero-order valence-electron chi connectivity index (χ0n) is 32.1. The lowest BCUT2D eigenvalue weighted by atomic mass is 10.0. The van der Waals surface area contributed by atoms with Crippen LogP contribution in [0.2, 0.25) is 0 Å². The number of amides is 4. The molecule has 1 fully saturated rings. The highest BCUT2D eigenvalue weighted by atomic mass is 32.1. The number of anilines is 1. The maximum Gasteiger partial charge on any atom is 0.329 e. The lowest BCUT2D eigenvalue weighted by Gasteiger charge is -2.21. The van der Waals surface area contributed by atoms with Crippen LogP contribution in [0.25, 0.3) is 22.3 Å². The molecule has 2 aromatic heterocycles. The summed E-state index contributed by atoms with van der Waals surface area (Å²) in [5.74, 6) is -1.54. The van der Waals surface area contributed by atoms with E-state index in [1.165, 1.54) is 21.5 Å². The average molecular weight is 798 g/mol. The van der Waals surface area contributed by atoms with Crippen LogP contribution in [0.1, 0.15) is 65.2 Å². The van der Waals surface area contributed by atoms with Gasteiger partial charge in [-0.25, -0.2) is 9.78 Å². The van der Waals surface area contributed by atoms with Crippen LogP contribution in [-0.4, -0.2) is 70.7 Å². The van der Waals surface area contributed by atoms with E-state index < -0.39 is 25.0 Å². The predicted octanol–water partition coefficient (Wildman–Crippen LogP) is 4.91. The van der Waals surface area contributed by atoms with E-state index in [9.17, 15) is 28.5 Å². The number of imidazole rings is 1. The van der Waals surface area contributed by atoms with Crippen LogP contribution in [0.4, 0.5) is 5.13 Å². The van der Waals surface area contributed by atoms with E-state index >= 15 is 0 Å². The summed E-state index contributed by atoms with van der Waals surface area (Å²) >= 11 is 1.32. The zero-order valence-corrected chi connectivity index (χ0v) is 33.9. The van der Waals surface area contributed by atoms with Crippen LogP contribution in [0, 0.1) is 6.92 Å². The summed E-state index contributed by atoms with van der Waals surface area (Å²) in [5.41, 5.74) is 6.49. The number of nitrogens with one attached hydrogen (secondary N) is 4. The highest BCUT2D eigenvalue weighted by Gasteiger charge is 2.31. The molecule has 294 valence electrons. The van der Waals surface area contributed by atoms with E-state index in [4.69, 9.17) is 0 Å². The average Bonchev–Trinajstić information content (AvgIpc) is 3.73. The highest BCUT2D eigenvalue weighted by Crippen LogP contribution is 2.36. The fourth-order valence-corrected chi connectivity index (χ4v) is 9.13. The quantitative estimate of drug-likeness (QED) is 0.0620. The Morgan fingerprint density at radius 1 is 0.946 bits per heavy atom. The summed E-state index contributed by atoms with van der Waals surface area (Å²) in [4.78, 5) is 67.0. The molecule has 56 heavy (non-hydrogen) atoms. The highest BCUT2D eigenvalue weighted by molar-refractivity contribution is 7.70. The first-order chi connectivity index (χ1) is 26.8. The molecule has 0 saturated carbocycles. The van der Waals surface area contributed by atoms with Crippen molar-refractivity contribution in [2.75, 3.05) is 38.3 Å². The molecule has 4 amide bonds. The van der Waals surface area contributed by atoms with Crippen molar-refractivity contribution in [3.05, 3.63) is 98.8 Å². The van der Waals surface area contributed by atoms with Crippen LogP contribution in [0.3, 0.4) is 0 Å². The van der Waals surface area contributed by atoms with Gasteiger partial charge in [0.1, 0.15) is 13.2 Å². The number of piperidine rings is 1. The Kier molecular flexibility index (Phi) is 12.8. The molecule has 1 unspecified atom stereocenters. The predicted molar refractivity (Wildman–Crippen MR) is 222 cm³/mol. The largest absolute Gasteiger partial charge is 0.343 e. The zero-order chi connectivity index (χ0) is 40.0. The number of fused-ring (bicyclic) bond motifs is 1. The lowest BCUT2D eigenvalue weighted by molar-refractivity contribution is -0.135. The molecule has 1 atom stereocenters. The summed E-state index contributed by atoms with van der Waals surface area (Å²) in [7, 11) is -0.843. The second kappa shape index (κ2) is 17.7. The fourth-order valence-electron chi connectivity index (χ4n) is 7.02. The minimum Gasteiger partial charge on any atom is -0.343 e. The normalized spacial score (nSPS) is 14.5. The summed E-state index contributed by atoms with van der Waals surface area (Å²) in [6.07, 6.45) is 5.30. The van der Waals surface area contributed by atoms with Gasteiger partial charge in [0, 0.05) is 35.3 Å². The third-order valence-corrected chi connectivity index (χ3v) is 12.4. The van der Waals surface area contributed by atoms with Crippen molar-refractivity contribution in [2.24, 2.45) is 7.05 Å². The van der Waals surface area contributed by atoms with Crippen molar-refractivity contribution in [3.8, 4) is 11.3 Å². The monoisotopic (exact) mass is 797 g/mol. The van der Waals surface area contributed by atoms with Gasteiger partial charge in [-0.15, -0.1) is 11.3 Å². The van der Waals surface area contributed by atoms with Crippen LogP contribution in [-0.2, 0) is 38.8 Å². The van der Waals surface area contributed by atoms with Crippen molar-refractivity contribution < 1.29 is 23.7 Å². The van der Waals surface area contributed by atoms with Gasteiger partial charge in [0.2, 0.25) is 17.7 Å². The van der Waals surface area contributed by atoms with E-state index in [2.05, 4.69) is 38.4 Å². The molecule has 4 N–H and O–H groups in total. The third-order valence-electron chi connectivity index (χ3n) is 10.00. The van der Waals surface area contributed by atoms with Crippen LogP contribution in [0.15, 0.2) is 70.8 Å². The number of thiazole rings is 1. The van der Waals surface area contributed by atoms with Gasteiger partial charge in [-0.2, -0.15) is 0 Å². The van der Waals surface area contributed by atoms with Gasteiger partial charge in [0.05, 0.1) is 23.3 Å². The van der Waals surface area contributed by atoms with Crippen molar-refractivity contribution in [1.29, 1.82) is 0 Å². The molecule has 1 saturated heterocycles. The first-order valence-electron chi connectivity index (χ1n) is 18.8. The summed E-state index contributed by atoms with van der Waals surface area (Å²) in [5, 5.41) is 14.3. The number of imide groups is 1. The number of benzene rings is 3. The second-order valence-corrected chi connectivity index (χ2v) is 18.7. The molecule has 15 heteroatoms.